The number of halogens is 1. The zero-order valence-electron chi connectivity index (χ0n) is 26.5. The molecule has 7 rings (SSSR count). The van der Waals surface area contributed by atoms with Gasteiger partial charge < -0.3 is 19.3 Å². The van der Waals surface area contributed by atoms with Crippen molar-refractivity contribution in [2.45, 2.75) is 43.7 Å². The van der Waals surface area contributed by atoms with Crippen LogP contribution in [0.2, 0.25) is 0 Å². The molecule has 0 spiro atoms. The number of piperazine rings is 1. The van der Waals surface area contributed by atoms with Gasteiger partial charge in [-0.05, 0) is 92.4 Å². The molecule has 2 fully saturated rings. The SMILES string of the molecule is Cc1cccc(N2CCN(C(=O)c3ccc(N4CC5CC(C4)c4cccc(=O)n4C5)c(NS(=O)(=O)c4ccc(Br)cc4)c3)CC2C)c1. The number of amides is 1. The number of fused-ring (bicyclic) bond motifs is 4. The Balaban J connectivity index is 1.19. The molecular weight excluding hydrogens is 678 g/mol. The van der Waals surface area contributed by atoms with E-state index in [9.17, 15) is 18.0 Å². The summed E-state index contributed by atoms with van der Waals surface area (Å²) in [6, 6.07) is 25.8. The smallest absolute Gasteiger partial charge is 0.261 e. The molecule has 3 atom stereocenters. The van der Waals surface area contributed by atoms with Gasteiger partial charge in [-0.2, -0.15) is 0 Å². The first kappa shape index (κ1) is 31.5. The molecule has 47 heavy (non-hydrogen) atoms. The van der Waals surface area contributed by atoms with E-state index in [-0.39, 0.29) is 34.2 Å². The van der Waals surface area contributed by atoms with Gasteiger partial charge in [0.05, 0.1) is 16.3 Å². The van der Waals surface area contributed by atoms with Crippen molar-refractivity contribution in [3.63, 3.8) is 0 Å². The highest BCUT2D eigenvalue weighted by Gasteiger charge is 2.36. The van der Waals surface area contributed by atoms with Crippen molar-refractivity contribution in [1.29, 1.82) is 0 Å². The van der Waals surface area contributed by atoms with E-state index in [0.29, 0.717) is 50.5 Å². The van der Waals surface area contributed by atoms with Crippen LogP contribution in [0.5, 0.6) is 0 Å². The lowest BCUT2D eigenvalue weighted by molar-refractivity contribution is 0.0726. The summed E-state index contributed by atoms with van der Waals surface area (Å²) in [5.74, 6) is 0.254. The monoisotopic (exact) mass is 715 g/mol. The highest BCUT2D eigenvalue weighted by atomic mass is 79.9. The standard InChI is InChI=1S/C36H38BrN5O4S/c1-24-5-3-6-30(17-24)41-16-15-39(20-25(41)2)36(44)27-9-14-34(32(19-27)38-47(45,46)31-12-10-29(37)11-13-31)40-21-26-18-28(23-40)33-7-4-8-35(43)42(33)22-26/h3-14,17,19,25-26,28,38H,15-16,18,20-23H2,1-2H3. The summed E-state index contributed by atoms with van der Waals surface area (Å²) >= 11 is 3.38. The van der Waals surface area contributed by atoms with Crippen molar-refractivity contribution in [3.05, 3.63) is 117 Å². The number of nitrogens with one attached hydrogen (secondary N) is 1. The number of sulfonamides is 1. The molecule has 0 aliphatic carbocycles. The Labute approximate surface area is 284 Å². The maximum absolute atomic E-state index is 14.0. The van der Waals surface area contributed by atoms with Crippen LogP contribution < -0.4 is 20.1 Å². The van der Waals surface area contributed by atoms with Crippen LogP contribution in [0.3, 0.4) is 0 Å². The minimum Gasteiger partial charge on any atom is -0.369 e. The highest BCUT2D eigenvalue weighted by Crippen LogP contribution is 2.40. The number of rotatable bonds is 6. The van der Waals surface area contributed by atoms with Crippen LogP contribution in [-0.2, 0) is 16.6 Å². The molecule has 2 bridgehead atoms. The van der Waals surface area contributed by atoms with Gasteiger partial charge >= 0.3 is 0 Å². The molecule has 0 saturated carbocycles. The fraction of sp³-hybridized carbons (Fsp3) is 0.333. The van der Waals surface area contributed by atoms with E-state index in [1.165, 1.54) is 5.56 Å². The van der Waals surface area contributed by atoms with Gasteiger partial charge in [-0.25, -0.2) is 8.42 Å². The van der Waals surface area contributed by atoms with Crippen LogP contribution in [0, 0.1) is 12.8 Å². The van der Waals surface area contributed by atoms with Gasteiger partial charge in [0.15, 0.2) is 0 Å². The number of aryl methyl sites for hydroxylation is 1. The Hall–Kier alpha value is -4.09. The zero-order chi connectivity index (χ0) is 32.9. The second-order valence-electron chi connectivity index (χ2n) is 13.0. The van der Waals surface area contributed by atoms with Crippen molar-refractivity contribution >= 4 is 48.9 Å². The number of pyridine rings is 1. The van der Waals surface area contributed by atoms with Gasteiger partial charge in [-0.15, -0.1) is 0 Å². The van der Waals surface area contributed by atoms with Crippen molar-refractivity contribution in [2.24, 2.45) is 5.92 Å². The molecular formula is C36H38BrN5O4S. The summed E-state index contributed by atoms with van der Waals surface area (Å²) in [6.45, 7) is 7.98. The number of nitrogens with zero attached hydrogens (tertiary/aromatic N) is 4. The Morgan fingerprint density at radius 1 is 0.894 bits per heavy atom. The number of piperidine rings is 1. The van der Waals surface area contributed by atoms with Crippen LogP contribution in [0.25, 0.3) is 0 Å². The predicted octanol–water partition coefficient (Wildman–Crippen LogP) is 5.69. The van der Waals surface area contributed by atoms with Crippen molar-refractivity contribution in [1.82, 2.24) is 9.47 Å². The minimum absolute atomic E-state index is 0.0190. The first-order valence-corrected chi connectivity index (χ1v) is 18.3. The van der Waals surface area contributed by atoms with Crippen LogP contribution >= 0.6 is 15.9 Å². The number of hydrogen-bond donors (Lipinski definition) is 1. The average molecular weight is 717 g/mol. The first-order valence-electron chi connectivity index (χ1n) is 16.1. The normalized spacial score (nSPS) is 20.9. The van der Waals surface area contributed by atoms with Crippen LogP contribution in [0.4, 0.5) is 17.1 Å². The summed E-state index contributed by atoms with van der Waals surface area (Å²) in [5, 5.41) is 0. The summed E-state index contributed by atoms with van der Waals surface area (Å²) in [5.41, 5.74) is 4.91. The summed E-state index contributed by atoms with van der Waals surface area (Å²) in [6.07, 6.45) is 0.975. The fourth-order valence-electron chi connectivity index (χ4n) is 7.45. The molecule has 3 aliphatic heterocycles. The summed E-state index contributed by atoms with van der Waals surface area (Å²) < 4.78 is 32.9. The van der Waals surface area contributed by atoms with E-state index in [2.05, 4.69) is 68.6 Å². The number of anilines is 3. The molecule has 4 heterocycles. The van der Waals surface area contributed by atoms with Gasteiger partial charge in [-0.1, -0.05) is 34.1 Å². The van der Waals surface area contributed by atoms with Crippen molar-refractivity contribution < 1.29 is 13.2 Å². The molecule has 1 N–H and O–H groups in total. The summed E-state index contributed by atoms with van der Waals surface area (Å²) in [7, 11) is -3.96. The Kier molecular flexibility index (Phi) is 8.38. The third kappa shape index (κ3) is 6.30. The lowest BCUT2D eigenvalue weighted by Crippen LogP contribution is -2.53. The maximum Gasteiger partial charge on any atom is 0.261 e. The van der Waals surface area contributed by atoms with Gasteiger partial charge in [0.2, 0.25) is 0 Å². The highest BCUT2D eigenvalue weighted by molar-refractivity contribution is 9.10. The molecule has 1 aromatic heterocycles. The topological polar surface area (TPSA) is 95.0 Å². The van der Waals surface area contributed by atoms with Crippen LogP contribution in [-0.4, -0.2) is 62.6 Å². The predicted molar refractivity (Wildman–Crippen MR) is 189 cm³/mol. The number of benzene rings is 3. The van der Waals surface area contributed by atoms with E-state index in [0.717, 1.165) is 28.0 Å². The number of aromatic nitrogens is 1. The van der Waals surface area contributed by atoms with Crippen LogP contribution in [0.15, 0.2) is 99.1 Å². The minimum atomic E-state index is -3.96. The van der Waals surface area contributed by atoms with Crippen molar-refractivity contribution in [3.8, 4) is 0 Å². The van der Waals surface area contributed by atoms with E-state index in [1.807, 2.05) is 33.7 Å². The van der Waals surface area contributed by atoms with Gasteiger partial charge in [0.1, 0.15) is 0 Å². The molecule has 2 saturated heterocycles. The van der Waals surface area contributed by atoms with Gasteiger partial charge in [-0.3, -0.25) is 14.3 Å². The molecule has 3 unspecified atom stereocenters. The Bertz CT molecular complexity index is 2000. The third-order valence-electron chi connectivity index (χ3n) is 9.68. The molecule has 9 nitrogen and oxygen atoms in total. The quantitative estimate of drug-likeness (QED) is 0.276. The molecule has 3 aromatic carbocycles. The fourth-order valence-corrected chi connectivity index (χ4v) is 8.78. The second kappa shape index (κ2) is 12.5. The number of hydrogen-bond acceptors (Lipinski definition) is 6. The first-order chi connectivity index (χ1) is 22.6. The van der Waals surface area contributed by atoms with E-state index >= 15 is 0 Å². The molecule has 11 heteroatoms. The van der Waals surface area contributed by atoms with Crippen molar-refractivity contribution in [2.75, 3.05) is 47.2 Å². The summed E-state index contributed by atoms with van der Waals surface area (Å²) in [4.78, 5) is 33.1. The Morgan fingerprint density at radius 3 is 2.45 bits per heavy atom. The van der Waals surface area contributed by atoms with Crippen LogP contribution in [0.1, 0.15) is 40.9 Å². The van der Waals surface area contributed by atoms with E-state index < -0.39 is 10.0 Å². The van der Waals surface area contributed by atoms with Gasteiger partial charge in [0, 0.05) is 78.7 Å². The maximum atomic E-state index is 14.0. The lowest BCUT2D eigenvalue weighted by Gasteiger charge is -2.44. The number of carbonyl (C=O) groups excluding carboxylic acids is 1. The van der Waals surface area contributed by atoms with E-state index in [1.54, 1.807) is 36.4 Å². The zero-order valence-corrected chi connectivity index (χ0v) is 28.9. The average Bonchev–Trinajstić information content (AvgIpc) is 3.05. The van der Waals surface area contributed by atoms with Gasteiger partial charge in [0.25, 0.3) is 21.5 Å². The molecule has 244 valence electrons. The van der Waals surface area contributed by atoms with E-state index in [4.69, 9.17) is 0 Å². The number of carbonyl (C=O) groups is 1. The molecule has 4 aromatic rings. The molecule has 1 amide bonds. The molecule has 3 aliphatic rings. The third-order valence-corrected chi connectivity index (χ3v) is 11.6. The second-order valence-corrected chi connectivity index (χ2v) is 15.6. The molecule has 0 radical (unpaired) electrons. The Morgan fingerprint density at radius 2 is 1.68 bits per heavy atom. The lowest BCUT2D eigenvalue weighted by atomic mass is 9.83. The largest absolute Gasteiger partial charge is 0.369 e.